The summed E-state index contributed by atoms with van der Waals surface area (Å²) in [5.41, 5.74) is 14.3. The fourth-order valence-electron chi connectivity index (χ4n) is 8.26. The molecule has 0 saturated heterocycles. The number of aromatic nitrogens is 4. The van der Waals surface area contributed by atoms with Crippen LogP contribution in [0.2, 0.25) is 0 Å². The molecule has 0 aliphatic carbocycles. The first-order valence-electron chi connectivity index (χ1n) is 19.4. The zero-order chi connectivity index (χ0) is 38.9. The Morgan fingerprint density at radius 3 is 2.02 bits per heavy atom. The summed E-state index contributed by atoms with van der Waals surface area (Å²) < 4.78 is 4.50. The standard InChI is InChI=1S/C51H46N4O/c1-50(2,3)35-30-41(51(4,5)6)46(45(56)31-35)49-53-47-37(21-15-25-44(47)54(49)7)32-16-13-17-34(28-32)42-29-33(26-27-52-42)38-22-14-23-40-39-20-11-12-24-43(39)55(48(38)40)36-18-9-8-10-19-36/h8-31,56H,1-7H3. The van der Waals surface area contributed by atoms with E-state index < -0.39 is 0 Å². The second-order valence-electron chi connectivity index (χ2n) is 17.0. The molecule has 0 fully saturated rings. The SMILES string of the molecule is Cn1c(-c2c(O)cc(C(C)(C)C)cc2C(C)(C)C)nc2c(-c3cccc(-c4cc(-c5cccc6c7ccccc7n(-c7ccccc7)c56)ccn4)c3)cccc21. The van der Waals surface area contributed by atoms with Gasteiger partial charge in [-0.1, -0.05) is 133 Å². The number of pyridine rings is 1. The fourth-order valence-corrected chi connectivity index (χ4v) is 8.26. The van der Waals surface area contributed by atoms with Crippen molar-refractivity contribution in [3.05, 3.63) is 157 Å². The number of hydrogen-bond donors (Lipinski definition) is 1. The van der Waals surface area contributed by atoms with Gasteiger partial charge >= 0.3 is 0 Å². The Bertz CT molecular complexity index is 2950. The van der Waals surface area contributed by atoms with E-state index in [2.05, 4.69) is 184 Å². The average molecular weight is 731 g/mol. The maximum Gasteiger partial charge on any atom is 0.144 e. The van der Waals surface area contributed by atoms with E-state index in [1.807, 2.05) is 19.3 Å². The van der Waals surface area contributed by atoms with Crippen molar-refractivity contribution in [1.29, 1.82) is 0 Å². The maximum atomic E-state index is 11.7. The molecule has 56 heavy (non-hydrogen) atoms. The molecule has 9 rings (SSSR count). The number of phenolic OH excluding ortho intramolecular Hbond substituents is 1. The molecular formula is C51H46N4O. The number of rotatable bonds is 5. The van der Waals surface area contributed by atoms with Gasteiger partial charge in [0.15, 0.2) is 0 Å². The summed E-state index contributed by atoms with van der Waals surface area (Å²) in [6.45, 7) is 13.1. The molecule has 0 amide bonds. The van der Waals surface area contributed by atoms with Gasteiger partial charge in [0.2, 0.25) is 0 Å². The van der Waals surface area contributed by atoms with Crippen LogP contribution in [0.15, 0.2) is 146 Å². The van der Waals surface area contributed by atoms with Crippen LogP contribution < -0.4 is 0 Å². The molecule has 0 atom stereocenters. The molecule has 0 unspecified atom stereocenters. The zero-order valence-corrected chi connectivity index (χ0v) is 33.1. The van der Waals surface area contributed by atoms with Gasteiger partial charge in [-0.25, -0.2) is 4.98 Å². The highest BCUT2D eigenvalue weighted by Gasteiger charge is 2.28. The van der Waals surface area contributed by atoms with Gasteiger partial charge in [0.25, 0.3) is 0 Å². The monoisotopic (exact) mass is 730 g/mol. The predicted molar refractivity (Wildman–Crippen MR) is 234 cm³/mol. The number of imidazole rings is 1. The lowest BCUT2D eigenvalue weighted by Crippen LogP contribution is -2.18. The highest BCUT2D eigenvalue weighted by atomic mass is 16.3. The van der Waals surface area contributed by atoms with E-state index in [0.29, 0.717) is 0 Å². The maximum absolute atomic E-state index is 11.7. The zero-order valence-electron chi connectivity index (χ0n) is 33.1. The summed E-state index contributed by atoms with van der Waals surface area (Å²) in [6, 6.07) is 49.3. The predicted octanol–water partition coefficient (Wildman–Crippen LogP) is 13.0. The first kappa shape index (κ1) is 35.3. The van der Waals surface area contributed by atoms with Crippen molar-refractivity contribution < 1.29 is 5.11 Å². The third-order valence-corrected chi connectivity index (χ3v) is 11.2. The van der Waals surface area contributed by atoms with Crippen LogP contribution >= 0.6 is 0 Å². The molecule has 0 aliphatic rings. The van der Waals surface area contributed by atoms with Crippen LogP contribution in [0.4, 0.5) is 0 Å². The molecule has 276 valence electrons. The minimum atomic E-state index is -0.214. The third kappa shape index (κ3) is 5.86. The van der Waals surface area contributed by atoms with Gasteiger partial charge in [0.1, 0.15) is 11.6 Å². The first-order chi connectivity index (χ1) is 26.9. The Kier molecular flexibility index (Phi) is 8.24. The summed E-state index contributed by atoms with van der Waals surface area (Å²) in [6.07, 6.45) is 1.92. The van der Waals surface area contributed by atoms with Gasteiger partial charge in [-0.15, -0.1) is 0 Å². The highest BCUT2D eigenvalue weighted by molar-refractivity contribution is 6.13. The van der Waals surface area contributed by atoms with Gasteiger partial charge in [-0.05, 0) is 81.6 Å². The number of aryl methyl sites for hydroxylation is 1. The Balaban J connectivity index is 1.16. The molecule has 9 aromatic rings. The number of hydrogen-bond acceptors (Lipinski definition) is 3. The topological polar surface area (TPSA) is 55.9 Å². The molecule has 1 N–H and O–H groups in total. The quantitative estimate of drug-likeness (QED) is 0.192. The average Bonchev–Trinajstić information content (AvgIpc) is 3.72. The van der Waals surface area contributed by atoms with Crippen molar-refractivity contribution in [2.75, 3.05) is 0 Å². The van der Waals surface area contributed by atoms with E-state index in [4.69, 9.17) is 9.97 Å². The molecule has 0 saturated carbocycles. The van der Waals surface area contributed by atoms with E-state index in [0.717, 1.165) is 72.7 Å². The van der Waals surface area contributed by atoms with Gasteiger partial charge in [0.05, 0.1) is 33.3 Å². The van der Waals surface area contributed by atoms with Crippen LogP contribution in [0.5, 0.6) is 5.75 Å². The Morgan fingerprint density at radius 1 is 0.571 bits per heavy atom. The van der Waals surface area contributed by atoms with Crippen molar-refractivity contribution >= 4 is 32.8 Å². The summed E-state index contributed by atoms with van der Waals surface area (Å²) in [4.78, 5) is 10.2. The minimum absolute atomic E-state index is 0.107. The summed E-state index contributed by atoms with van der Waals surface area (Å²) >= 11 is 0. The smallest absolute Gasteiger partial charge is 0.144 e. The summed E-state index contributed by atoms with van der Waals surface area (Å²) in [7, 11) is 2.04. The lowest BCUT2D eigenvalue weighted by atomic mass is 9.78. The van der Waals surface area contributed by atoms with E-state index in [1.54, 1.807) is 0 Å². The van der Waals surface area contributed by atoms with Gasteiger partial charge in [0, 0.05) is 46.4 Å². The second-order valence-corrected chi connectivity index (χ2v) is 17.0. The van der Waals surface area contributed by atoms with Crippen LogP contribution in [-0.2, 0) is 17.9 Å². The minimum Gasteiger partial charge on any atom is -0.507 e. The summed E-state index contributed by atoms with van der Waals surface area (Å²) in [5.74, 6) is 1.01. The van der Waals surface area contributed by atoms with Crippen molar-refractivity contribution in [2.24, 2.45) is 7.05 Å². The number of phenols is 1. The lowest BCUT2D eigenvalue weighted by Gasteiger charge is -2.28. The lowest BCUT2D eigenvalue weighted by molar-refractivity contribution is 0.467. The van der Waals surface area contributed by atoms with E-state index in [9.17, 15) is 5.11 Å². The van der Waals surface area contributed by atoms with Crippen molar-refractivity contribution in [2.45, 2.75) is 52.4 Å². The third-order valence-electron chi connectivity index (χ3n) is 11.2. The molecule has 0 bridgehead atoms. The molecule has 0 radical (unpaired) electrons. The molecule has 5 heteroatoms. The number of fused-ring (bicyclic) bond motifs is 4. The number of para-hydroxylation sites is 4. The number of benzene rings is 6. The Labute approximate surface area is 328 Å². The van der Waals surface area contributed by atoms with Crippen LogP contribution in [0, 0.1) is 0 Å². The molecule has 0 aliphatic heterocycles. The number of nitrogens with zero attached hydrogens (tertiary/aromatic N) is 4. The highest BCUT2D eigenvalue weighted by Crippen LogP contribution is 2.44. The second kappa shape index (κ2) is 13.1. The van der Waals surface area contributed by atoms with E-state index in [1.165, 1.54) is 21.8 Å². The molecule has 5 nitrogen and oxygen atoms in total. The van der Waals surface area contributed by atoms with Crippen molar-refractivity contribution in [1.82, 2.24) is 19.1 Å². The Morgan fingerprint density at radius 2 is 1.23 bits per heavy atom. The van der Waals surface area contributed by atoms with Crippen LogP contribution in [0.25, 0.3) is 83.4 Å². The van der Waals surface area contributed by atoms with Gasteiger partial charge in [-0.2, -0.15) is 0 Å². The molecular weight excluding hydrogens is 685 g/mol. The Hall–Kier alpha value is -6.46. The van der Waals surface area contributed by atoms with Gasteiger partial charge in [-0.3, -0.25) is 4.98 Å². The number of aromatic hydroxyl groups is 1. The normalized spacial score (nSPS) is 12.3. The van der Waals surface area contributed by atoms with Gasteiger partial charge < -0.3 is 14.2 Å². The van der Waals surface area contributed by atoms with Crippen molar-refractivity contribution in [3.8, 4) is 56.3 Å². The first-order valence-corrected chi connectivity index (χ1v) is 19.4. The van der Waals surface area contributed by atoms with E-state index >= 15 is 0 Å². The molecule has 3 heterocycles. The largest absolute Gasteiger partial charge is 0.507 e. The van der Waals surface area contributed by atoms with Crippen LogP contribution in [0.3, 0.4) is 0 Å². The molecule has 6 aromatic carbocycles. The molecule has 3 aromatic heterocycles. The van der Waals surface area contributed by atoms with Crippen LogP contribution in [-0.4, -0.2) is 24.2 Å². The fraction of sp³-hybridized carbons (Fsp3) is 0.176. The van der Waals surface area contributed by atoms with E-state index in [-0.39, 0.29) is 16.6 Å². The molecule has 0 spiro atoms. The summed E-state index contributed by atoms with van der Waals surface area (Å²) in [5, 5.41) is 14.1. The van der Waals surface area contributed by atoms with Crippen molar-refractivity contribution in [3.63, 3.8) is 0 Å². The van der Waals surface area contributed by atoms with Crippen LogP contribution in [0.1, 0.15) is 52.7 Å².